The van der Waals surface area contributed by atoms with Gasteiger partial charge in [-0.05, 0) is 52.0 Å². The molecule has 0 spiro atoms. The highest BCUT2D eigenvalue weighted by molar-refractivity contribution is 6.17. The molecular weight excluding hydrogens is 375 g/mol. The Bertz CT molecular complexity index is 1060. The summed E-state index contributed by atoms with van der Waals surface area (Å²) >= 11 is 0. The van der Waals surface area contributed by atoms with Crippen molar-refractivity contribution in [3.05, 3.63) is 70.5 Å². The van der Waals surface area contributed by atoms with Crippen molar-refractivity contribution in [2.75, 3.05) is 0 Å². The number of carbonyl (C=O) groups is 4. The number of ketones is 2. The number of amides is 2. The number of carbonyl (C=O) groups excluding carboxylic acids is 4. The Morgan fingerprint density at radius 3 is 1.66 bits per heavy atom. The van der Waals surface area contributed by atoms with Gasteiger partial charge in [-0.1, -0.05) is 18.2 Å². The SMILES string of the molecule is CC1(C)NC(=O)c2ccc(F)cc2C1=O.CC1(C)NC(=O)c2ccccc2C1=O. The third-order valence-corrected chi connectivity index (χ3v) is 4.87. The third kappa shape index (κ3) is 3.68. The van der Waals surface area contributed by atoms with Gasteiger partial charge in [0, 0.05) is 11.1 Å². The molecule has 2 amide bonds. The highest BCUT2D eigenvalue weighted by Gasteiger charge is 2.38. The van der Waals surface area contributed by atoms with E-state index in [1.807, 2.05) is 0 Å². The number of benzene rings is 2. The second-order valence-corrected chi connectivity index (χ2v) is 8.05. The summed E-state index contributed by atoms with van der Waals surface area (Å²) in [6.45, 7) is 6.62. The zero-order valence-corrected chi connectivity index (χ0v) is 16.6. The van der Waals surface area contributed by atoms with Crippen LogP contribution in [-0.2, 0) is 0 Å². The van der Waals surface area contributed by atoms with Gasteiger partial charge in [0.05, 0.1) is 22.2 Å². The Kier molecular flexibility index (Phi) is 4.86. The van der Waals surface area contributed by atoms with E-state index in [9.17, 15) is 23.6 Å². The van der Waals surface area contributed by atoms with E-state index in [0.717, 1.165) is 6.07 Å². The smallest absolute Gasteiger partial charge is 0.252 e. The van der Waals surface area contributed by atoms with Crippen molar-refractivity contribution >= 4 is 23.4 Å². The lowest BCUT2D eigenvalue weighted by molar-refractivity contribution is 0.0767. The van der Waals surface area contributed by atoms with Crippen LogP contribution in [0.15, 0.2) is 42.5 Å². The minimum absolute atomic E-state index is 0.0345. The van der Waals surface area contributed by atoms with Crippen molar-refractivity contribution in [1.29, 1.82) is 0 Å². The fraction of sp³-hybridized carbons (Fsp3) is 0.273. The van der Waals surface area contributed by atoms with E-state index in [1.165, 1.54) is 12.1 Å². The topological polar surface area (TPSA) is 92.3 Å². The second kappa shape index (κ2) is 6.92. The largest absolute Gasteiger partial charge is 0.340 e. The van der Waals surface area contributed by atoms with E-state index in [2.05, 4.69) is 10.6 Å². The highest BCUT2D eigenvalue weighted by atomic mass is 19.1. The summed E-state index contributed by atoms with van der Waals surface area (Å²) in [7, 11) is 0. The lowest BCUT2D eigenvalue weighted by Crippen LogP contribution is -2.54. The average molecular weight is 396 g/mol. The molecule has 0 fully saturated rings. The molecule has 0 atom stereocenters. The van der Waals surface area contributed by atoms with Crippen LogP contribution in [0.1, 0.15) is 69.1 Å². The quantitative estimate of drug-likeness (QED) is 0.716. The maximum atomic E-state index is 13.0. The van der Waals surface area contributed by atoms with E-state index in [-0.39, 0.29) is 34.5 Å². The van der Waals surface area contributed by atoms with Gasteiger partial charge in [-0.3, -0.25) is 19.2 Å². The van der Waals surface area contributed by atoms with E-state index in [0.29, 0.717) is 11.1 Å². The molecule has 0 bridgehead atoms. The molecule has 2 heterocycles. The maximum Gasteiger partial charge on any atom is 0.252 e. The summed E-state index contributed by atoms with van der Waals surface area (Å²) in [4.78, 5) is 46.9. The summed E-state index contributed by atoms with van der Waals surface area (Å²) in [5, 5.41) is 5.24. The number of Topliss-reactive ketones (excluding diaryl/α,β-unsaturated/α-hetero) is 2. The summed E-state index contributed by atoms with van der Waals surface area (Å²) in [5.41, 5.74) is -0.369. The van der Waals surface area contributed by atoms with Crippen LogP contribution in [0.5, 0.6) is 0 Å². The van der Waals surface area contributed by atoms with Gasteiger partial charge in [0.25, 0.3) is 11.8 Å². The molecule has 2 aromatic carbocycles. The third-order valence-electron chi connectivity index (χ3n) is 4.87. The monoisotopic (exact) mass is 396 g/mol. The number of rotatable bonds is 0. The van der Waals surface area contributed by atoms with Gasteiger partial charge in [0.15, 0.2) is 11.6 Å². The molecule has 0 saturated carbocycles. The second-order valence-electron chi connectivity index (χ2n) is 8.05. The van der Waals surface area contributed by atoms with Crippen molar-refractivity contribution in [3.8, 4) is 0 Å². The number of hydrogen-bond donors (Lipinski definition) is 2. The Labute approximate surface area is 167 Å². The van der Waals surface area contributed by atoms with Crippen molar-refractivity contribution < 1.29 is 23.6 Å². The molecule has 4 rings (SSSR count). The molecular formula is C22H21FN2O4. The Hall–Kier alpha value is -3.35. The Morgan fingerprint density at radius 2 is 1.10 bits per heavy atom. The molecule has 0 saturated heterocycles. The Balaban J connectivity index is 0.000000166. The van der Waals surface area contributed by atoms with E-state index in [1.54, 1.807) is 52.0 Å². The fourth-order valence-electron chi connectivity index (χ4n) is 3.27. The molecule has 2 aliphatic rings. The molecule has 0 unspecified atom stereocenters. The van der Waals surface area contributed by atoms with Crippen LogP contribution in [0.4, 0.5) is 4.39 Å². The minimum atomic E-state index is -0.960. The van der Waals surface area contributed by atoms with Crippen LogP contribution >= 0.6 is 0 Å². The van der Waals surface area contributed by atoms with Gasteiger partial charge in [-0.15, -0.1) is 0 Å². The first-order valence-corrected chi connectivity index (χ1v) is 9.07. The number of hydrogen-bond acceptors (Lipinski definition) is 4. The normalized spacial score (nSPS) is 18.5. The predicted octanol–water partition coefficient (Wildman–Crippen LogP) is 2.92. The first kappa shape index (κ1) is 20.4. The van der Waals surface area contributed by atoms with Gasteiger partial charge in [0.1, 0.15) is 5.82 Å². The molecule has 0 radical (unpaired) electrons. The zero-order valence-electron chi connectivity index (χ0n) is 16.6. The molecule has 150 valence electrons. The first-order valence-electron chi connectivity index (χ1n) is 9.07. The van der Waals surface area contributed by atoms with Crippen molar-refractivity contribution in [2.45, 2.75) is 38.8 Å². The van der Waals surface area contributed by atoms with E-state index in [4.69, 9.17) is 0 Å². The number of halogens is 1. The summed E-state index contributed by atoms with van der Waals surface area (Å²) in [6.07, 6.45) is 0. The number of fused-ring (bicyclic) bond motifs is 2. The van der Waals surface area contributed by atoms with Crippen LogP contribution in [0, 0.1) is 5.82 Å². The lowest BCUT2D eigenvalue weighted by Gasteiger charge is -2.30. The molecule has 2 aliphatic heterocycles. The molecule has 7 heteroatoms. The average Bonchev–Trinajstić information content (AvgIpc) is 2.64. The lowest BCUT2D eigenvalue weighted by atomic mass is 9.86. The molecule has 2 N–H and O–H groups in total. The van der Waals surface area contributed by atoms with Crippen molar-refractivity contribution in [2.24, 2.45) is 0 Å². The van der Waals surface area contributed by atoms with Crippen LogP contribution < -0.4 is 10.6 Å². The van der Waals surface area contributed by atoms with E-state index < -0.39 is 16.9 Å². The highest BCUT2D eigenvalue weighted by Crippen LogP contribution is 2.24. The Morgan fingerprint density at radius 1 is 0.655 bits per heavy atom. The van der Waals surface area contributed by atoms with E-state index >= 15 is 0 Å². The number of nitrogens with one attached hydrogen (secondary N) is 2. The van der Waals surface area contributed by atoms with Gasteiger partial charge in [0.2, 0.25) is 0 Å². The first-order chi connectivity index (χ1) is 13.4. The predicted molar refractivity (Wildman–Crippen MR) is 105 cm³/mol. The summed E-state index contributed by atoms with van der Waals surface area (Å²) in [5.74, 6) is -1.32. The van der Waals surface area contributed by atoms with Crippen LogP contribution in [0.2, 0.25) is 0 Å². The zero-order chi connectivity index (χ0) is 21.6. The fourth-order valence-corrected chi connectivity index (χ4v) is 3.27. The van der Waals surface area contributed by atoms with Gasteiger partial charge in [-0.2, -0.15) is 0 Å². The molecule has 0 aromatic heterocycles. The minimum Gasteiger partial charge on any atom is -0.340 e. The van der Waals surface area contributed by atoms with Crippen molar-refractivity contribution in [1.82, 2.24) is 10.6 Å². The van der Waals surface area contributed by atoms with Gasteiger partial charge < -0.3 is 10.6 Å². The van der Waals surface area contributed by atoms with Crippen LogP contribution in [0.3, 0.4) is 0 Å². The van der Waals surface area contributed by atoms with Crippen LogP contribution in [0.25, 0.3) is 0 Å². The molecule has 0 aliphatic carbocycles. The molecule has 6 nitrogen and oxygen atoms in total. The van der Waals surface area contributed by atoms with Gasteiger partial charge >= 0.3 is 0 Å². The van der Waals surface area contributed by atoms with Gasteiger partial charge in [-0.25, -0.2) is 4.39 Å². The maximum absolute atomic E-state index is 13.0. The summed E-state index contributed by atoms with van der Waals surface area (Å²) in [6, 6.07) is 10.5. The molecule has 29 heavy (non-hydrogen) atoms. The van der Waals surface area contributed by atoms with Crippen LogP contribution in [-0.4, -0.2) is 34.5 Å². The summed E-state index contributed by atoms with van der Waals surface area (Å²) < 4.78 is 13.0. The standard InChI is InChI=1S/C11H10FNO2.C11H11NO2/c1-11(2)9(14)8-5-6(12)3-4-7(8)10(15)13-11;1-11(2)9(13)7-5-3-4-6-8(7)10(14)12-11/h3-5H,1-2H3,(H,13,15);3-6H,1-2H3,(H,12,14). The van der Waals surface area contributed by atoms with Crippen molar-refractivity contribution in [3.63, 3.8) is 0 Å². The molecule has 2 aromatic rings.